The Morgan fingerprint density at radius 1 is 1.56 bits per heavy atom. The minimum atomic E-state index is -3.65. The van der Waals surface area contributed by atoms with Crippen molar-refractivity contribution in [2.24, 2.45) is 5.84 Å². The van der Waals surface area contributed by atoms with Crippen LogP contribution in [0.1, 0.15) is 13.8 Å². The lowest BCUT2D eigenvalue weighted by molar-refractivity contribution is 0.0799. The van der Waals surface area contributed by atoms with Crippen LogP contribution in [0.15, 0.2) is 23.4 Å². The largest absolute Gasteiger partial charge is 0.377 e. The van der Waals surface area contributed by atoms with Gasteiger partial charge in [0, 0.05) is 25.5 Å². The summed E-state index contributed by atoms with van der Waals surface area (Å²) in [7, 11) is -3.65. The maximum atomic E-state index is 12.0. The molecule has 0 aliphatic heterocycles. The van der Waals surface area contributed by atoms with Crippen molar-refractivity contribution in [3.8, 4) is 0 Å². The van der Waals surface area contributed by atoms with Gasteiger partial charge in [-0.25, -0.2) is 13.1 Å². The number of ether oxygens (including phenoxy) is 1. The van der Waals surface area contributed by atoms with Gasteiger partial charge in [0.1, 0.15) is 4.90 Å². The molecule has 0 amide bonds. The molecular weight excluding hydrogens is 256 g/mol. The van der Waals surface area contributed by atoms with Crippen molar-refractivity contribution in [2.75, 3.05) is 18.6 Å². The number of anilines is 1. The molecule has 1 aromatic rings. The van der Waals surface area contributed by atoms with E-state index in [1.54, 1.807) is 6.92 Å². The van der Waals surface area contributed by atoms with Crippen LogP contribution in [0.2, 0.25) is 0 Å². The van der Waals surface area contributed by atoms with Crippen molar-refractivity contribution >= 4 is 15.7 Å². The second kappa shape index (κ2) is 6.64. The van der Waals surface area contributed by atoms with Crippen LogP contribution in [0.3, 0.4) is 0 Å². The Morgan fingerprint density at radius 3 is 2.89 bits per heavy atom. The highest BCUT2D eigenvalue weighted by Gasteiger charge is 2.19. The van der Waals surface area contributed by atoms with Crippen molar-refractivity contribution in [1.29, 1.82) is 0 Å². The van der Waals surface area contributed by atoms with Crippen molar-refractivity contribution in [1.82, 2.24) is 9.71 Å². The second-order valence-corrected chi connectivity index (χ2v) is 5.37. The number of rotatable bonds is 7. The number of hydrogen-bond donors (Lipinski definition) is 3. The predicted octanol–water partition coefficient (Wildman–Crippen LogP) is 0.0705. The van der Waals surface area contributed by atoms with Gasteiger partial charge in [0.25, 0.3) is 0 Å². The Kier molecular flexibility index (Phi) is 5.48. The van der Waals surface area contributed by atoms with Crippen LogP contribution in [0.5, 0.6) is 0 Å². The first kappa shape index (κ1) is 14.8. The summed E-state index contributed by atoms with van der Waals surface area (Å²) in [6, 6.07) is 1.49. The molecule has 0 fully saturated rings. The van der Waals surface area contributed by atoms with Gasteiger partial charge in [-0.1, -0.05) is 0 Å². The van der Waals surface area contributed by atoms with Gasteiger partial charge >= 0.3 is 0 Å². The summed E-state index contributed by atoms with van der Waals surface area (Å²) >= 11 is 0. The third-order valence-electron chi connectivity index (χ3n) is 2.24. The van der Waals surface area contributed by atoms with E-state index >= 15 is 0 Å². The standard InChI is InChI=1S/C10H18N4O3S/c1-3-17-8(2)6-13-18(15,16)10-7-12-5-4-9(10)14-11/h4-5,7-8,13H,3,6,11H2,1-2H3,(H,12,14). The van der Waals surface area contributed by atoms with Gasteiger partial charge in [0.05, 0.1) is 11.8 Å². The molecule has 18 heavy (non-hydrogen) atoms. The second-order valence-electron chi connectivity index (χ2n) is 3.63. The number of nitrogens with two attached hydrogens (primary N) is 1. The monoisotopic (exact) mass is 274 g/mol. The number of pyridine rings is 1. The number of hydrazine groups is 1. The van der Waals surface area contributed by atoms with Gasteiger partial charge < -0.3 is 10.2 Å². The van der Waals surface area contributed by atoms with Crippen LogP contribution in [-0.4, -0.2) is 32.7 Å². The molecule has 0 aliphatic carbocycles. The first-order chi connectivity index (χ1) is 8.51. The van der Waals surface area contributed by atoms with Crippen molar-refractivity contribution in [3.05, 3.63) is 18.5 Å². The van der Waals surface area contributed by atoms with E-state index in [0.29, 0.717) is 12.3 Å². The Hall–Kier alpha value is -1.22. The number of aromatic nitrogens is 1. The Morgan fingerprint density at radius 2 is 2.28 bits per heavy atom. The number of nitrogens with zero attached hydrogens (tertiary/aromatic N) is 1. The highest BCUT2D eigenvalue weighted by molar-refractivity contribution is 7.89. The van der Waals surface area contributed by atoms with E-state index in [2.05, 4.69) is 15.1 Å². The van der Waals surface area contributed by atoms with E-state index in [9.17, 15) is 8.42 Å². The fourth-order valence-corrected chi connectivity index (χ4v) is 2.59. The molecule has 4 N–H and O–H groups in total. The van der Waals surface area contributed by atoms with Crippen molar-refractivity contribution < 1.29 is 13.2 Å². The Labute approximate surface area is 107 Å². The minimum Gasteiger partial charge on any atom is -0.377 e. The van der Waals surface area contributed by atoms with Crippen LogP contribution in [-0.2, 0) is 14.8 Å². The summed E-state index contributed by atoms with van der Waals surface area (Å²) in [5.74, 6) is 5.26. The molecule has 1 heterocycles. The Balaban J connectivity index is 2.80. The van der Waals surface area contributed by atoms with E-state index in [1.165, 1.54) is 18.5 Å². The predicted molar refractivity (Wildman–Crippen MR) is 68.3 cm³/mol. The molecule has 0 radical (unpaired) electrons. The van der Waals surface area contributed by atoms with Gasteiger partial charge in [-0.05, 0) is 19.9 Å². The fourth-order valence-electron chi connectivity index (χ4n) is 1.36. The summed E-state index contributed by atoms with van der Waals surface area (Å²) < 4.78 is 31.7. The van der Waals surface area contributed by atoms with Crippen LogP contribution >= 0.6 is 0 Å². The van der Waals surface area contributed by atoms with E-state index in [0.717, 1.165) is 0 Å². The zero-order valence-corrected chi connectivity index (χ0v) is 11.2. The van der Waals surface area contributed by atoms with Crippen LogP contribution in [0.4, 0.5) is 5.69 Å². The zero-order valence-electron chi connectivity index (χ0n) is 10.4. The molecule has 0 aliphatic rings. The quantitative estimate of drug-likeness (QED) is 0.480. The van der Waals surface area contributed by atoms with Crippen molar-refractivity contribution in [2.45, 2.75) is 24.8 Å². The minimum absolute atomic E-state index is 0.0104. The number of hydrogen-bond acceptors (Lipinski definition) is 6. The smallest absolute Gasteiger partial charge is 0.244 e. The van der Waals surface area contributed by atoms with E-state index in [-0.39, 0.29) is 17.5 Å². The summed E-state index contributed by atoms with van der Waals surface area (Å²) in [4.78, 5) is 3.79. The van der Waals surface area contributed by atoms with Gasteiger partial charge in [-0.3, -0.25) is 10.8 Å². The SMILES string of the molecule is CCOC(C)CNS(=O)(=O)c1cnccc1NN. The molecule has 7 nitrogen and oxygen atoms in total. The summed E-state index contributed by atoms with van der Waals surface area (Å²) in [6.07, 6.45) is 2.50. The van der Waals surface area contributed by atoms with E-state index in [1.807, 2.05) is 6.92 Å². The van der Waals surface area contributed by atoms with Gasteiger partial charge in [0.2, 0.25) is 10.0 Å². The van der Waals surface area contributed by atoms with Crippen LogP contribution in [0, 0.1) is 0 Å². The molecular formula is C10H18N4O3S. The fraction of sp³-hybridized carbons (Fsp3) is 0.500. The van der Waals surface area contributed by atoms with Crippen LogP contribution in [0.25, 0.3) is 0 Å². The zero-order chi connectivity index (χ0) is 13.6. The number of nitrogens with one attached hydrogen (secondary N) is 2. The van der Waals surface area contributed by atoms with E-state index in [4.69, 9.17) is 10.6 Å². The molecule has 1 atom stereocenters. The lowest BCUT2D eigenvalue weighted by Crippen LogP contribution is -2.32. The van der Waals surface area contributed by atoms with Gasteiger partial charge in [-0.15, -0.1) is 0 Å². The highest BCUT2D eigenvalue weighted by atomic mass is 32.2. The molecule has 0 aromatic carbocycles. The van der Waals surface area contributed by atoms with Gasteiger partial charge in [-0.2, -0.15) is 0 Å². The molecule has 102 valence electrons. The average molecular weight is 274 g/mol. The lowest BCUT2D eigenvalue weighted by atomic mass is 10.4. The molecule has 8 heteroatoms. The summed E-state index contributed by atoms with van der Waals surface area (Å²) in [5.41, 5.74) is 2.62. The van der Waals surface area contributed by atoms with Gasteiger partial charge in [0.15, 0.2) is 0 Å². The highest BCUT2D eigenvalue weighted by Crippen LogP contribution is 2.17. The normalized spacial score (nSPS) is 13.3. The maximum absolute atomic E-state index is 12.0. The molecule has 0 spiro atoms. The summed E-state index contributed by atoms with van der Waals surface area (Å²) in [5, 5.41) is 0. The molecule has 1 aromatic heterocycles. The first-order valence-corrected chi connectivity index (χ1v) is 7.01. The third-order valence-corrected chi connectivity index (χ3v) is 3.69. The van der Waals surface area contributed by atoms with Crippen LogP contribution < -0.4 is 16.0 Å². The summed E-state index contributed by atoms with van der Waals surface area (Å²) in [6.45, 7) is 4.36. The lowest BCUT2D eigenvalue weighted by Gasteiger charge is -2.14. The maximum Gasteiger partial charge on any atom is 0.244 e. The molecule has 0 saturated carbocycles. The third kappa shape index (κ3) is 3.91. The number of nitrogen functional groups attached to an aromatic ring is 1. The topological polar surface area (TPSA) is 106 Å². The van der Waals surface area contributed by atoms with E-state index < -0.39 is 10.0 Å². The molecule has 0 saturated heterocycles. The van der Waals surface area contributed by atoms with Crippen molar-refractivity contribution in [3.63, 3.8) is 0 Å². The first-order valence-electron chi connectivity index (χ1n) is 5.53. The Bertz CT molecular complexity index is 478. The molecule has 0 bridgehead atoms. The average Bonchev–Trinajstić information content (AvgIpc) is 2.37. The molecule has 1 rings (SSSR count). The number of sulfonamides is 1. The molecule has 1 unspecified atom stereocenters.